The summed E-state index contributed by atoms with van der Waals surface area (Å²) < 4.78 is 10.7. The Morgan fingerprint density at radius 1 is 1.19 bits per heavy atom. The molecule has 166 valence electrons. The highest BCUT2D eigenvalue weighted by atomic mass is 35.5. The highest BCUT2D eigenvalue weighted by molar-refractivity contribution is 8.15. The van der Waals surface area contributed by atoms with E-state index >= 15 is 0 Å². The number of ether oxygens (including phenoxy) is 2. The monoisotopic (exact) mass is 492 g/mol. The smallest absolute Gasteiger partial charge is 0.263 e. The molecule has 0 bridgehead atoms. The lowest BCUT2D eigenvalue weighted by atomic mass is 10.1. The number of hydrogen-bond donors (Lipinski definition) is 1. The summed E-state index contributed by atoms with van der Waals surface area (Å²) in [6.07, 6.45) is -0.0438. The molecule has 0 radical (unpaired) electrons. The molecule has 1 unspecified atom stereocenters. The van der Waals surface area contributed by atoms with Gasteiger partial charge in [-0.2, -0.15) is 10.1 Å². The van der Waals surface area contributed by atoms with Gasteiger partial charge in [-0.3, -0.25) is 14.6 Å². The first kappa shape index (κ1) is 22.4. The van der Waals surface area contributed by atoms with E-state index in [0.29, 0.717) is 38.1 Å². The highest BCUT2D eigenvalue weighted by Gasteiger charge is 2.39. The Bertz CT molecular complexity index is 1150. The Kier molecular flexibility index (Phi) is 6.59. The second-order valence-corrected chi connectivity index (χ2v) is 8.88. The molecule has 1 atom stereocenters. The summed E-state index contributed by atoms with van der Waals surface area (Å²) in [6, 6.07) is 10.2. The number of carbonyl (C=O) groups excluding carboxylic acids is 2. The minimum absolute atomic E-state index is 0.0438. The van der Waals surface area contributed by atoms with Gasteiger partial charge in [0.15, 0.2) is 16.7 Å². The molecule has 1 saturated heterocycles. The Morgan fingerprint density at radius 3 is 2.72 bits per heavy atom. The molecule has 1 fully saturated rings. The van der Waals surface area contributed by atoms with Gasteiger partial charge in [-0.05, 0) is 43.3 Å². The first-order valence-corrected chi connectivity index (χ1v) is 11.2. The van der Waals surface area contributed by atoms with E-state index in [0.717, 1.165) is 5.56 Å². The fourth-order valence-corrected chi connectivity index (χ4v) is 4.43. The van der Waals surface area contributed by atoms with E-state index in [1.807, 2.05) is 6.07 Å². The minimum atomic E-state index is -0.648. The molecular weight excluding hydrogens is 475 g/mol. The summed E-state index contributed by atoms with van der Waals surface area (Å²) in [5.41, 5.74) is 1.88. The normalized spacial score (nSPS) is 19.1. The number of rotatable bonds is 5. The maximum Gasteiger partial charge on any atom is 0.263 e. The van der Waals surface area contributed by atoms with Crippen LogP contribution in [0, 0.1) is 0 Å². The number of hydrazone groups is 1. The van der Waals surface area contributed by atoms with Crippen LogP contribution in [0.3, 0.4) is 0 Å². The molecular formula is C21H18Cl2N4O4S. The van der Waals surface area contributed by atoms with Crippen molar-refractivity contribution in [3.8, 4) is 11.5 Å². The van der Waals surface area contributed by atoms with E-state index < -0.39 is 5.25 Å². The van der Waals surface area contributed by atoms with E-state index in [1.54, 1.807) is 44.3 Å². The molecule has 0 spiro atoms. The van der Waals surface area contributed by atoms with Crippen molar-refractivity contribution in [1.82, 2.24) is 5.01 Å². The lowest BCUT2D eigenvalue weighted by Crippen LogP contribution is -2.30. The molecule has 32 heavy (non-hydrogen) atoms. The zero-order valence-electron chi connectivity index (χ0n) is 17.1. The van der Waals surface area contributed by atoms with Gasteiger partial charge < -0.3 is 14.8 Å². The Balaban J connectivity index is 1.46. The third kappa shape index (κ3) is 4.69. The van der Waals surface area contributed by atoms with Crippen LogP contribution in [0.5, 0.6) is 11.5 Å². The van der Waals surface area contributed by atoms with Crippen molar-refractivity contribution in [2.75, 3.05) is 19.2 Å². The van der Waals surface area contributed by atoms with Gasteiger partial charge in [0.05, 0.1) is 15.8 Å². The number of hydrogen-bond acceptors (Lipinski definition) is 7. The Morgan fingerprint density at radius 2 is 1.97 bits per heavy atom. The number of nitrogens with one attached hydrogen (secondary N) is 1. The summed E-state index contributed by atoms with van der Waals surface area (Å²) >= 11 is 13.1. The summed E-state index contributed by atoms with van der Waals surface area (Å²) in [5.74, 6) is 0.640. The van der Waals surface area contributed by atoms with Crippen molar-refractivity contribution in [1.29, 1.82) is 0 Å². The fraction of sp³-hybridized carbons (Fsp3) is 0.238. The maximum absolute atomic E-state index is 13.0. The SMILES string of the molecule is CN=C1SC(CC(=O)Nc2ccc(Cl)c(Cl)c2)C(=O)N1/N=C(\C)c1ccc2c(c1)OCO2. The molecule has 1 N–H and O–H groups in total. The van der Waals surface area contributed by atoms with Crippen molar-refractivity contribution in [3.05, 3.63) is 52.0 Å². The average molecular weight is 493 g/mol. The molecule has 11 heteroatoms. The van der Waals surface area contributed by atoms with Gasteiger partial charge in [0.2, 0.25) is 12.7 Å². The van der Waals surface area contributed by atoms with Crippen molar-refractivity contribution in [2.45, 2.75) is 18.6 Å². The van der Waals surface area contributed by atoms with Crippen molar-refractivity contribution in [2.24, 2.45) is 10.1 Å². The van der Waals surface area contributed by atoms with Crippen LogP contribution < -0.4 is 14.8 Å². The number of amidine groups is 1. The second kappa shape index (κ2) is 9.40. The van der Waals surface area contributed by atoms with Crippen LogP contribution in [-0.2, 0) is 9.59 Å². The molecule has 2 aromatic carbocycles. The van der Waals surface area contributed by atoms with Gasteiger partial charge in [0.1, 0.15) is 5.25 Å². The lowest BCUT2D eigenvalue weighted by Gasteiger charge is -2.12. The topological polar surface area (TPSA) is 92.6 Å². The zero-order chi connectivity index (χ0) is 22.8. The highest BCUT2D eigenvalue weighted by Crippen LogP contribution is 2.34. The number of carbonyl (C=O) groups is 2. The van der Waals surface area contributed by atoms with Gasteiger partial charge in [-0.25, -0.2) is 0 Å². The van der Waals surface area contributed by atoms with Crippen LogP contribution in [0.25, 0.3) is 0 Å². The predicted octanol–water partition coefficient (Wildman–Crippen LogP) is 4.40. The van der Waals surface area contributed by atoms with Gasteiger partial charge in [0, 0.05) is 24.7 Å². The molecule has 0 aromatic heterocycles. The molecule has 0 aliphatic carbocycles. The van der Waals surface area contributed by atoms with E-state index in [9.17, 15) is 9.59 Å². The summed E-state index contributed by atoms with van der Waals surface area (Å²) in [4.78, 5) is 29.6. The van der Waals surface area contributed by atoms with E-state index in [2.05, 4.69) is 15.4 Å². The van der Waals surface area contributed by atoms with Gasteiger partial charge in [0.25, 0.3) is 5.91 Å². The summed E-state index contributed by atoms with van der Waals surface area (Å²) in [7, 11) is 1.58. The van der Waals surface area contributed by atoms with Gasteiger partial charge >= 0.3 is 0 Å². The second-order valence-electron chi connectivity index (χ2n) is 6.90. The summed E-state index contributed by atoms with van der Waals surface area (Å²) in [5, 5.41) is 8.91. The largest absolute Gasteiger partial charge is 0.454 e. The zero-order valence-corrected chi connectivity index (χ0v) is 19.4. The van der Waals surface area contributed by atoms with Gasteiger partial charge in [-0.1, -0.05) is 35.0 Å². The number of benzene rings is 2. The molecule has 0 saturated carbocycles. The van der Waals surface area contributed by atoms with E-state index in [4.69, 9.17) is 32.7 Å². The van der Waals surface area contributed by atoms with E-state index in [1.165, 1.54) is 16.8 Å². The van der Waals surface area contributed by atoms with E-state index in [-0.39, 0.29) is 25.0 Å². The predicted molar refractivity (Wildman–Crippen MR) is 126 cm³/mol. The number of anilines is 1. The van der Waals surface area contributed by atoms with Crippen LogP contribution in [0.2, 0.25) is 10.0 Å². The lowest BCUT2D eigenvalue weighted by molar-refractivity contribution is -0.128. The molecule has 2 aliphatic rings. The molecule has 2 amide bonds. The van der Waals surface area contributed by atoms with Crippen LogP contribution >= 0.6 is 35.0 Å². The molecule has 2 aliphatic heterocycles. The summed E-state index contributed by atoms with van der Waals surface area (Å²) in [6.45, 7) is 1.96. The molecule has 8 nitrogen and oxygen atoms in total. The van der Waals surface area contributed by atoms with Crippen LogP contribution in [-0.4, -0.2) is 46.8 Å². The average Bonchev–Trinajstić information content (AvgIpc) is 3.35. The van der Waals surface area contributed by atoms with Crippen LogP contribution in [0.4, 0.5) is 5.69 Å². The van der Waals surface area contributed by atoms with Crippen molar-refractivity contribution >= 4 is 63.3 Å². The quantitative estimate of drug-likeness (QED) is 0.624. The van der Waals surface area contributed by atoms with Crippen LogP contribution in [0.15, 0.2) is 46.5 Å². The Labute approximate surface area is 198 Å². The van der Waals surface area contributed by atoms with Gasteiger partial charge in [-0.15, -0.1) is 0 Å². The minimum Gasteiger partial charge on any atom is -0.454 e. The number of amides is 2. The number of aliphatic imine (C=N–C) groups is 1. The third-order valence-corrected chi connectivity index (χ3v) is 6.68. The number of nitrogens with zero attached hydrogens (tertiary/aromatic N) is 3. The Hall–Kier alpha value is -2.75. The number of fused-ring (bicyclic) bond motifs is 1. The first-order valence-electron chi connectivity index (χ1n) is 9.53. The van der Waals surface area contributed by atoms with Crippen LogP contribution in [0.1, 0.15) is 18.9 Å². The molecule has 4 rings (SSSR count). The fourth-order valence-electron chi connectivity index (χ4n) is 3.11. The number of thioether (sulfide) groups is 1. The standard InChI is InChI=1S/C21H18Cl2N4O4S/c1-11(12-3-6-16-17(7-12)31-10-30-16)26-27-20(29)18(32-21(27)24-2)9-19(28)25-13-4-5-14(22)15(23)8-13/h3-8,18H,9-10H2,1-2H3,(H,25,28)/b24-21?,26-11+. The van der Waals surface area contributed by atoms with Crippen molar-refractivity contribution in [3.63, 3.8) is 0 Å². The molecule has 2 aromatic rings. The molecule has 2 heterocycles. The van der Waals surface area contributed by atoms with Crippen molar-refractivity contribution < 1.29 is 19.1 Å². The maximum atomic E-state index is 13.0. The number of halogens is 2. The third-order valence-electron chi connectivity index (χ3n) is 4.72. The first-order chi connectivity index (χ1) is 15.4.